The predicted octanol–water partition coefficient (Wildman–Crippen LogP) is 3.42. The second-order valence-electron chi connectivity index (χ2n) is 3.78. The van der Waals surface area contributed by atoms with E-state index in [0.717, 1.165) is 17.1 Å². The van der Waals surface area contributed by atoms with E-state index in [2.05, 4.69) is 6.92 Å². The van der Waals surface area contributed by atoms with Gasteiger partial charge in [0.15, 0.2) is 0 Å². The van der Waals surface area contributed by atoms with Crippen LogP contribution >= 0.6 is 0 Å². The number of carbonyl (C=O) groups excluding carboxylic acids is 1. The fourth-order valence-corrected chi connectivity index (χ4v) is 1.57. The maximum atomic E-state index is 10.9. The Morgan fingerprint density at radius 3 is 2.41 bits per heavy atom. The molecule has 0 heterocycles. The van der Waals surface area contributed by atoms with E-state index < -0.39 is 0 Å². The highest BCUT2D eigenvalue weighted by molar-refractivity contribution is 5.84. The third kappa shape index (κ3) is 3.45. The molecule has 0 saturated heterocycles. The Balaban J connectivity index is 2.14. The van der Waals surface area contributed by atoms with Gasteiger partial charge in [0, 0.05) is 13.3 Å². The molecule has 0 aliphatic carbocycles. The number of hydrogen-bond donors (Lipinski definition) is 0. The van der Waals surface area contributed by atoms with Crippen molar-refractivity contribution < 1.29 is 9.53 Å². The average Bonchev–Trinajstić information content (AvgIpc) is 2.30. The van der Waals surface area contributed by atoms with E-state index in [9.17, 15) is 4.79 Å². The minimum Gasteiger partial charge on any atom is -0.457 e. The van der Waals surface area contributed by atoms with Gasteiger partial charge in [-0.15, -0.1) is 0 Å². The topological polar surface area (TPSA) is 26.3 Å². The first-order valence-corrected chi connectivity index (χ1v) is 5.41. The summed E-state index contributed by atoms with van der Waals surface area (Å²) in [5.41, 5.74) is 0.915. The van der Waals surface area contributed by atoms with Gasteiger partial charge in [-0.05, 0) is 29.8 Å². The third-order valence-electron chi connectivity index (χ3n) is 2.28. The monoisotopic (exact) mass is 225 g/mol. The van der Waals surface area contributed by atoms with Gasteiger partial charge in [-0.1, -0.05) is 30.3 Å². The largest absolute Gasteiger partial charge is 0.457 e. The van der Waals surface area contributed by atoms with Crippen LogP contribution in [0.5, 0.6) is 11.5 Å². The summed E-state index contributed by atoms with van der Waals surface area (Å²) < 4.78 is 5.67. The number of ether oxygens (including phenoxy) is 1. The first-order chi connectivity index (χ1) is 8.24. The maximum Gasteiger partial charge on any atom is 0.137 e. The highest BCUT2D eigenvalue weighted by Gasteiger charge is 2.01. The maximum absolute atomic E-state index is 10.9. The highest BCUT2D eigenvalue weighted by Crippen LogP contribution is 2.21. The van der Waals surface area contributed by atoms with Crippen molar-refractivity contribution in [2.75, 3.05) is 0 Å². The lowest BCUT2D eigenvalue weighted by Crippen LogP contribution is -1.96. The van der Waals surface area contributed by atoms with Crippen LogP contribution in [0.3, 0.4) is 0 Å². The molecule has 0 aromatic heterocycles. The van der Waals surface area contributed by atoms with Gasteiger partial charge in [0.25, 0.3) is 0 Å². The molecule has 0 spiro atoms. The summed E-state index contributed by atoms with van der Waals surface area (Å²) in [6, 6.07) is 17.0. The summed E-state index contributed by atoms with van der Waals surface area (Å²) in [7, 11) is 0. The number of Topliss-reactive ketones (excluding diaryl/α,β-unsaturated/α-hetero) is 1. The minimum atomic E-state index is -0.0955. The van der Waals surface area contributed by atoms with Gasteiger partial charge in [0.1, 0.15) is 17.3 Å². The number of rotatable bonds is 4. The van der Waals surface area contributed by atoms with E-state index in [-0.39, 0.29) is 5.78 Å². The van der Waals surface area contributed by atoms with Gasteiger partial charge in [-0.25, -0.2) is 0 Å². The van der Waals surface area contributed by atoms with Crippen molar-refractivity contribution in [2.24, 2.45) is 0 Å². The normalized spacial score (nSPS) is 9.94. The first-order valence-electron chi connectivity index (χ1n) is 5.41. The number of ketones is 1. The van der Waals surface area contributed by atoms with Crippen LogP contribution in [0.2, 0.25) is 0 Å². The van der Waals surface area contributed by atoms with Crippen LogP contribution < -0.4 is 4.74 Å². The van der Waals surface area contributed by atoms with Crippen molar-refractivity contribution >= 4 is 5.78 Å². The molecule has 0 aliphatic rings. The quantitative estimate of drug-likeness (QED) is 0.796. The molecule has 0 unspecified atom stereocenters. The van der Waals surface area contributed by atoms with Gasteiger partial charge >= 0.3 is 0 Å². The molecule has 0 atom stereocenters. The lowest BCUT2D eigenvalue weighted by molar-refractivity contribution is -0.114. The molecule has 0 N–H and O–H groups in total. The van der Waals surface area contributed by atoms with Gasteiger partial charge < -0.3 is 4.74 Å². The summed E-state index contributed by atoms with van der Waals surface area (Å²) in [6.45, 7) is 3.37. The molecule has 0 saturated carbocycles. The van der Waals surface area contributed by atoms with Crippen molar-refractivity contribution in [1.82, 2.24) is 0 Å². The number of benzene rings is 2. The van der Waals surface area contributed by atoms with Crippen LogP contribution in [-0.4, -0.2) is 5.78 Å². The number of para-hydroxylation sites is 1. The smallest absolute Gasteiger partial charge is 0.137 e. The Morgan fingerprint density at radius 1 is 1.00 bits per heavy atom. The zero-order valence-electron chi connectivity index (χ0n) is 9.43. The molecular formula is C15H13O2. The van der Waals surface area contributed by atoms with Crippen LogP contribution in [0.15, 0.2) is 54.6 Å². The zero-order valence-corrected chi connectivity index (χ0v) is 9.43. The van der Waals surface area contributed by atoms with Crippen molar-refractivity contribution in [1.29, 1.82) is 0 Å². The molecule has 0 bridgehead atoms. The van der Waals surface area contributed by atoms with E-state index in [1.165, 1.54) is 0 Å². The van der Waals surface area contributed by atoms with E-state index >= 15 is 0 Å². The van der Waals surface area contributed by atoms with Crippen molar-refractivity contribution in [2.45, 2.75) is 6.42 Å². The predicted molar refractivity (Wildman–Crippen MR) is 67.0 cm³/mol. The molecule has 2 heteroatoms. The van der Waals surface area contributed by atoms with Crippen LogP contribution in [0.25, 0.3) is 0 Å². The molecule has 2 rings (SSSR count). The second-order valence-corrected chi connectivity index (χ2v) is 3.78. The molecule has 0 aliphatic heterocycles. The van der Waals surface area contributed by atoms with E-state index in [1.54, 1.807) is 0 Å². The molecule has 0 amide bonds. The molecule has 17 heavy (non-hydrogen) atoms. The molecule has 85 valence electrons. The number of carbonyl (C=O) groups is 1. The molecule has 1 radical (unpaired) electrons. The van der Waals surface area contributed by atoms with E-state index in [1.807, 2.05) is 54.6 Å². The third-order valence-corrected chi connectivity index (χ3v) is 2.28. The van der Waals surface area contributed by atoms with Gasteiger partial charge in [-0.3, -0.25) is 4.79 Å². The van der Waals surface area contributed by atoms with Crippen molar-refractivity contribution in [3.05, 3.63) is 67.1 Å². The Hall–Kier alpha value is -2.09. The van der Waals surface area contributed by atoms with Crippen molar-refractivity contribution in [3.8, 4) is 11.5 Å². The Kier molecular flexibility index (Phi) is 3.55. The molecule has 0 fully saturated rings. The Bertz CT molecular complexity index is 503. The van der Waals surface area contributed by atoms with E-state index in [4.69, 9.17) is 4.74 Å². The van der Waals surface area contributed by atoms with Gasteiger partial charge in [-0.2, -0.15) is 0 Å². The first kappa shape index (κ1) is 11.4. The summed E-state index contributed by atoms with van der Waals surface area (Å²) in [4.78, 5) is 10.9. The minimum absolute atomic E-state index is 0.0955. The second kappa shape index (κ2) is 5.30. The van der Waals surface area contributed by atoms with Crippen LogP contribution in [-0.2, 0) is 11.2 Å². The summed E-state index contributed by atoms with van der Waals surface area (Å²) in [6.07, 6.45) is 0.339. The zero-order chi connectivity index (χ0) is 12.1. The summed E-state index contributed by atoms with van der Waals surface area (Å²) in [5, 5.41) is 0. The number of hydrogen-bond acceptors (Lipinski definition) is 2. The fourth-order valence-electron chi connectivity index (χ4n) is 1.57. The molecule has 2 aromatic rings. The standard InChI is InChI=1S/C15H13O2/c1-12(16)10-13-6-5-9-15(11-13)17-14-7-3-2-4-8-14/h2-9,11H,1,10H2. The van der Waals surface area contributed by atoms with Crippen LogP contribution in [0, 0.1) is 6.92 Å². The molecular weight excluding hydrogens is 212 g/mol. The lowest BCUT2D eigenvalue weighted by Gasteiger charge is -2.06. The van der Waals surface area contributed by atoms with Crippen LogP contribution in [0.1, 0.15) is 5.56 Å². The lowest BCUT2D eigenvalue weighted by atomic mass is 10.1. The fraction of sp³-hybridized carbons (Fsp3) is 0.0667. The Morgan fingerprint density at radius 2 is 1.71 bits per heavy atom. The molecule has 2 aromatic carbocycles. The Labute approximate surface area is 101 Å². The summed E-state index contributed by atoms with van der Waals surface area (Å²) >= 11 is 0. The molecule has 2 nitrogen and oxygen atoms in total. The summed E-state index contributed by atoms with van der Waals surface area (Å²) in [5.74, 6) is 1.42. The van der Waals surface area contributed by atoms with Crippen molar-refractivity contribution in [3.63, 3.8) is 0 Å². The van der Waals surface area contributed by atoms with Gasteiger partial charge in [0.2, 0.25) is 0 Å². The SMILES string of the molecule is [CH2]C(=O)Cc1cccc(Oc2ccccc2)c1. The highest BCUT2D eigenvalue weighted by atomic mass is 16.5. The van der Waals surface area contributed by atoms with E-state index in [0.29, 0.717) is 6.42 Å². The average molecular weight is 225 g/mol. The van der Waals surface area contributed by atoms with Crippen LogP contribution in [0.4, 0.5) is 0 Å². The van der Waals surface area contributed by atoms with Gasteiger partial charge in [0.05, 0.1) is 0 Å².